The highest BCUT2D eigenvalue weighted by molar-refractivity contribution is 5.56. The Morgan fingerprint density at radius 3 is 2.35 bits per heavy atom. The molecule has 0 fully saturated rings. The van der Waals surface area contributed by atoms with Gasteiger partial charge in [0.05, 0.1) is 0 Å². The van der Waals surface area contributed by atoms with E-state index in [1.54, 1.807) is 0 Å². The van der Waals surface area contributed by atoms with Crippen LogP contribution in [0.1, 0.15) is 31.3 Å². The maximum atomic E-state index is 9.25. The van der Waals surface area contributed by atoms with Gasteiger partial charge in [-0.05, 0) is 20.8 Å². The van der Waals surface area contributed by atoms with Crippen LogP contribution in [-0.2, 0) is 6.61 Å². The van der Waals surface area contributed by atoms with E-state index < -0.39 is 0 Å². The summed E-state index contributed by atoms with van der Waals surface area (Å²) in [7, 11) is 0. The zero-order valence-electron chi connectivity index (χ0n) is 10.4. The normalized spacial score (nSPS) is 11.1. The van der Waals surface area contributed by atoms with Crippen LogP contribution >= 0.6 is 0 Å². The molecule has 1 aromatic heterocycles. The maximum Gasteiger partial charge on any atom is 0.164 e. The number of benzene rings is 1. The molecule has 0 saturated carbocycles. The lowest BCUT2D eigenvalue weighted by atomic mass is 10.1. The summed E-state index contributed by atoms with van der Waals surface area (Å²) in [6.45, 7) is 6.08. The summed E-state index contributed by atoms with van der Waals surface area (Å²) < 4.78 is 1.96. The quantitative estimate of drug-likeness (QED) is 0.882. The van der Waals surface area contributed by atoms with Crippen LogP contribution in [0.15, 0.2) is 24.3 Å². The monoisotopic (exact) mass is 231 g/mol. The standard InChI is InChI=1S/C13H17N3O/c1-9(2)16-12(8-17)14-15-13(16)11-6-4-10(3)5-7-11/h4-7,9,17H,8H2,1-3H3. The molecular weight excluding hydrogens is 214 g/mol. The molecule has 0 aliphatic rings. The van der Waals surface area contributed by atoms with Crippen LogP contribution in [0.25, 0.3) is 11.4 Å². The van der Waals surface area contributed by atoms with Gasteiger partial charge in [-0.3, -0.25) is 0 Å². The van der Waals surface area contributed by atoms with E-state index in [0.29, 0.717) is 5.82 Å². The molecule has 2 rings (SSSR count). The molecule has 90 valence electrons. The fourth-order valence-corrected chi connectivity index (χ4v) is 1.87. The first-order valence-corrected chi connectivity index (χ1v) is 5.75. The van der Waals surface area contributed by atoms with Crippen LogP contribution in [0, 0.1) is 6.92 Å². The van der Waals surface area contributed by atoms with Crippen molar-refractivity contribution in [3.05, 3.63) is 35.7 Å². The molecule has 0 unspecified atom stereocenters. The molecule has 1 aromatic carbocycles. The third-order valence-corrected chi connectivity index (χ3v) is 2.73. The van der Waals surface area contributed by atoms with Crippen molar-refractivity contribution in [2.75, 3.05) is 0 Å². The predicted octanol–water partition coefficient (Wildman–Crippen LogP) is 2.33. The highest BCUT2D eigenvalue weighted by Crippen LogP contribution is 2.22. The van der Waals surface area contributed by atoms with Crippen LogP contribution in [0.5, 0.6) is 0 Å². The zero-order valence-corrected chi connectivity index (χ0v) is 10.4. The topological polar surface area (TPSA) is 50.9 Å². The molecule has 0 amide bonds. The molecule has 2 aromatic rings. The molecular formula is C13H17N3O. The Labute approximate surface area is 101 Å². The summed E-state index contributed by atoms with van der Waals surface area (Å²) >= 11 is 0. The minimum atomic E-state index is -0.0863. The first kappa shape index (κ1) is 11.8. The van der Waals surface area contributed by atoms with E-state index in [1.165, 1.54) is 5.56 Å². The van der Waals surface area contributed by atoms with Gasteiger partial charge in [0.15, 0.2) is 11.6 Å². The molecule has 0 spiro atoms. The summed E-state index contributed by atoms with van der Waals surface area (Å²) in [5, 5.41) is 17.4. The lowest BCUT2D eigenvalue weighted by Gasteiger charge is -2.13. The molecule has 0 atom stereocenters. The second-order valence-electron chi connectivity index (χ2n) is 4.43. The number of nitrogens with zero attached hydrogens (tertiary/aromatic N) is 3. The van der Waals surface area contributed by atoms with Gasteiger partial charge in [-0.2, -0.15) is 0 Å². The van der Waals surface area contributed by atoms with E-state index in [9.17, 15) is 5.11 Å². The summed E-state index contributed by atoms with van der Waals surface area (Å²) in [5.74, 6) is 1.42. The average molecular weight is 231 g/mol. The summed E-state index contributed by atoms with van der Waals surface area (Å²) in [6.07, 6.45) is 0. The Morgan fingerprint density at radius 1 is 1.18 bits per heavy atom. The molecule has 1 N–H and O–H groups in total. The van der Waals surface area contributed by atoms with E-state index >= 15 is 0 Å². The van der Waals surface area contributed by atoms with Gasteiger partial charge in [0, 0.05) is 11.6 Å². The van der Waals surface area contributed by atoms with Crippen molar-refractivity contribution in [1.29, 1.82) is 0 Å². The molecule has 0 aliphatic carbocycles. The van der Waals surface area contributed by atoms with Gasteiger partial charge in [-0.25, -0.2) is 0 Å². The summed E-state index contributed by atoms with van der Waals surface area (Å²) in [4.78, 5) is 0. The Balaban J connectivity index is 2.51. The third kappa shape index (κ3) is 2.22. The third-order valence-electron chi connectivity index (χ3n) is 2.73. The smallest absolute Gasteiger partial charge is 0.164 e. The van der Waals surface area contributed by atoms with Gasteiger partial charge in [0.2, 0.25) is 0 Å². The van der Waals surface area contributed by atoms with Gasteiger partial charge >= 0.3 is 0 Å². The van der Waals surface area contributed by atoms with Crippen molar-refractivity contribution >= 4 is 0 Å². The number of rotatable bonds is 3. The van der Waals surface area contributed by atoms with Gasteiger partial charge in [-0.15, -0.1) is 10.2 Å². The van der Waals surface area contributed by atoms with Crippen LogP contribution in [0.2, 0.25) is 0 Å². The fraction of sp³-hybridized carbons (Fsp3) is 0.385. The van der Waals surface area contributed by atoms with Crippen molar-refractivity contribution in [1.82, 2.24) is 14.8 Å². The average Bonchev–Trinajstić information content (AvgIpc) is 2.73. The molecule has 0 aliphatic heterocycles. The number of aliphatic hydroxyl groups excluding tert-OH is 1. The Hall–Kier alpha value is -1.68. The second kappa shape index (κ2) is 4.67. The first-order valence-electron chi connectivity index (χ1n) is 5.75. The summed E-state index contributed by atoms with van der Waals surface area (Å²) in [5.41, 5.74) is 2.24. The van der Waals surface area contributed by atoms with Gasteiger partial charge < -0.3 is 9.67 Å². The molecule has 0 saturated heterocycles. The van der Waals surface area contributed by atoms with Crippen molar-refractivity contribution < 1.29 is 5.11 Å². The molecule has 4 nitrogen and oxygen atoms in total. The van der Waals surface area contributed by atoms with E-state index in [0.717, 1.165) is 11.4 Å². The van der Waals surface area contributed by atoms with Gasteiger partial charge in [0.1, 0.15) is 6.61 Å². The van der Waals surface area contributed by atoms with Gasteiger partial charge in [0.25, 0.3) is 0 Å². The van der Waals surface area contributed by atoms with E-state index in [-0.39, 0.29) is 12.6 Å². The van der Waals surface area contributed by atoms with Crippen LogP contribution < -0.4 is 0 Å². The number of aliphatic hydroxyl groups is 1. The number of hydrogen-bond acceptors (Lipinski definition) is 3. The van der Waals surface area contributed by atoms with Crippen molar-refractivity contribution in [3.63, 3.8) is 0 Å². The minimum Gasteiger partial charge on any atom is -0.388 e. The van der Waals surface area contributed by atoms with E-state index in [4.69, 9.17) is 0 Å². The van der Waals surface area contributed by atoms with Crippen LogP contribution in [0.3, 0.4) is 0 Å². The number of hydrogen-bond donors (Lipinski definition) is 1. The van der Waals surface area contributed by atoms with Crippen molar-refractivity contribution in [2.45, 2.75) is 33.4 Å². The van der Waals surface area contributed by atoms with Gasteiger partial charge in [-0.1, -0.05) is 29.8 Å². The highest BCUT2D eigenvalue weighted by atomic mass is 16.3. The van der Waals surface area contributed by atoms with Crippen LogP contribution in [0.4, 0.5) is 0 Å². The molecule has 0 radical (unpaired) electrons. The van der Waals surface area contributed by atoms with E-state index in [2.05, 4.69) is 31.0 Å². The Morgan fingerprint density at radius 2 is 1.82 bits per heavy atom. The lowest BCUT2D eigenvalue weighted by molar-refractivity contribution is 0.262. The largest absolute Gasteiger partial charge is 0.388 e. The molecule has 4 heteroatoms. The molecule has 17 heavy (non-hydrogen) atoms. The van der Waals surface area contributed by atoms with E-state index in [1.807, 2.05) is 28.8 Å². The maximum absolute atomic E-state index is 9.25. The minimum absolute atomic E-state index is 0.0863. The lowest BCUT2D eigenvalue weighted by Crippen LogP contribution is -2.08. The first-order chi connectivity index (χ1) is 8.13. The number of aryl methyl sites for hydroxylation is 1. The second-order valence-corrected chi connectivity index (χ2v) is 4.43. The highest BCUT2D eigenvalue weighted by Gasteiger charge is 2.15. The Kier molecular flexibility index (Phi) is 3.24. The van der Waals surface area contributed by atoms with Crippen LogP contribution in [-0.4, -0.2) is 19.9 Å². The SMILES string of the molecule is Cc1ccc(-c2nnc(CO)n2C(C)C)cc1. The predicted molar refractivity (Wildman–Crippen MR) is 66.5 cm³/mol. The van der Waals surface area contributed by atoms with Crippen molar-refractivity contribution in [2.24, 2.45) is 0 Å². The fourth-order valence-electron chi connectivity index (χ4n) is 1.87. The van der Waals surface area contributed by atoms with Crippen molar-refractivity contribution in [3.8, 4) is 11.4 Å². The molecule has 0 bridgehead atoms. The molecule has 1 heterocycles. The number of aromatic nitrogens is 3. The zero-order chi connectivity index (χ0) is 12.4. The summed E-state index contributed by atoms with van der Waals surface area (Å²) in [6, 6.07) is 8.38. The Bertz CT molecular complexity index is 500.